The third-order valence-corrected chi connectivity index (χ3v) is 2.42. The predicted octanol–water partition coefficient (Wildman–Crippen LogP) is 1.39. The summed E-state index contributed by atoms with van der Waals surface area (Å²) in [6.45, 7) is 7.89. The van der Waals surface area contributed by atoms with Gasteiger partial charge in [0.1, 0.15) is 0 Å². The van der Waals surface area contributed by atoms with Crippen molar-refractivity contribution >= 4 is 11.6 Å². The van der Waals surface area contributed by atoms with Gasteiger partial charge in [-0.3, -0.25) is 9.48 Å². The number of hydrogen-bond donors (Lipinski definition) is 2. The number of hydrogen-bond acceptors (Lipinski definition) is 3. The summed E-state index contributed by atoms with van der Waals surface area (Å²) in [5.41, 5.74) is 6.42. The second-order valence-corrected chi connectivity index (χ2v) is 4.56. The van der Waals surface area contributed by atoms with Crippen LogP contribution in [0.4, 0.5) is 5.69 Å². The SMILES string of the molecule is CC(C)[C@@H](N)C(=O)Nc1cnn(C(C)C)c1. The Morgan fingerprint density at radius 1 is 1.44 bits per heavy atom. The highest BCUT2D eigenvalue weighted by molar-refractivity contribution is 5.94. The number of anilines is 1. The summed E-state index contributed by atoms with van der Waals surface area (Å²) in [5.74, 6) is -0.0431. The van der Waals surface area contributed by atoms with Crippen LogP contribution in [0.5, 0.6) is 0 Å². The number of nitrogens with two attached hydrogens (primary N) is 1. The van der Waals surface area contributed by atoms with E-state index in [2.05, 4.69) is 10.4 Å². The zero-order chi connectivity index (χ0) is 12.3. The lowest BCUT2D eigenvalue weighted by Gasteiger charge is -2.14. The van der Waals surface area contributed by atoms with Crippen LogP contribution >= 0.6 is 0 Å². The summed E-state index contributed by atoms with van der Waals surface area (Å²) in [7, 11) is 0. The fraction of sp³-hybridized carbons (Fsp3) is 0.636. The summed E-state index contributed by atoms with van der Waals surface area (Å²) < 4.78 is 1.79. The van der Waals surface area contributed by atoms with E-state index in [-0.39, 0.29) is 17.9 Å². The first-order valence-corrected chi connectivity index (χ1v) is 5.52. The first-order valence-electron chi connectivity index (χ1n) is 5.52. The molecule has 1 amide bonds. The Kier molecular flexibility index (Phi) is 4.06. The van der Waals surface area contributed by atoms with Crippen LogP contribution in [0.15, 0.2) is 12.4 Å². The molecule has 1 atom stereocenters. The van der Waals surface area contributed by atoms with Gasteiger partial charge < -0.3 is 11.1 Å². The lowest BCUT2D eigenvalue weighted by molar-refractivity contribution is -0.118. The zero-order valence-corrected chi connectivity index (χ0v) is 10.3. The number of rotatable bonds is 4. The molecule has 1 aromatic rings. The van der Waals surface area contributed by atoms with Crippen molar-refractivity contribution in [3.8, 4) is 0 Å². The molecule has 90 valence electrons. The van der Waals surface area contributed by atoms with Crippen molar-refractivity contribution < 1.29 is 4.79 Å². The van der Waals surface area contributed by atoms with E-state index in [1.54, 1.807) is 17.1 Å². The third-order valence-electron chi connectivity index (χ3n) is 2.42. The van der Waals surface area contributed by atoms with Crippen LogP contribution < -0.4 is 11.1 Å². The van der Waals surface area contributed by atoms with E-state index in [1.807, 2.05) is 27.7 Å². The van der Waals surface area contributed by atoms with Crippen molar-refractivity contribution in [2.45, 2.75) is 39.8 Å². The molecule has 1 heterocycles. The average molecular weight is 224 g/mol. The molecule has 0 aliphatic rings. The minimum atomic E-state index is -0.484. The van der Waals surface area contributed by atoms with E-state index in [1.165, 1.54) is 0 Å². The first kappa shape index (κ1) is 12.7. The van der Waals surface area contributed by atoms with Gasteiger partial charge in [-0.25, -0.2) is 0 Å². The van der Waals surface area contributed by atoms with Crippen molar-refractivity contribution in [1.82, 2.24) is 9.78 Å². The molecule has 5 nitrogen and oxygen atoms in total. The summed E-state index contributed by atoms with van der Waals surface area (Å²) in [5, 5.41) is 6.89. The summed E-state index contributed by atoms with van der Waals surface area (Å²) >= 11 is 0. The molecule has 5 heteroatoms. The van der Waals surface area contributed by atoms with Crippen molar-refractivity contribution in [2.24, 2.45) is 11.7 Å². The van der Waals surface area contributed by atoms with Gasteiger partial charge in [0, 0.05) is 12.2 Å². The van der Waals surface area contributed by atoms with Gasteiger partial charge in [-0.2, -0.15) is 5.10 Å². The van der Waals surface area contributed by atoms with Crippen LogP contribution in [-0.2, 0) is 4.79 Å². The highest BCUT2D eigenvalue weighted by Crippen LogP contribution is 2.11. The number of amides is 1. The molecule has 0 aliphatic carbocycles. The monoisotopic (exact) mass is 224 g/mol. The van der Waals surface area contributed by atoms with Crippen LogP contribution in [0.3, 0.4) is 0 Å². The number of carbonyl (C=O) groups is 1. The van der Waals surface area contributed by atoms with Crippen LogP contribution in [0.1, 0.15) is 33.7 Å². The molecule has 0 saturated carbocycles. The van der Waals surface area contributed by atoms with Gasteiger partial charge in [-0.05, 0) is 19.8 Å². The molecule has 0 aliphatic heterocycles. The molecule has 0 unspecified atom stereocenters. The first-order chi connectivity index (χ1) is 7.41. The van der Waals surface area contributed by atoms with Gasteiger partial charge in [0.2, 0.25) is 5.91 Å². The molecule has 1 aromatic heterocycles. The minimum absolute atomic E-state index is 0.125. The van der Waals surface area contributed by atoms with E-state index in [4.69, 9.17) is 5.73 Å². The molecule has 0 aromatic carbocycles. The van der Waals surface area contributed by atoms with E-state index in [9.17, 15) is 4.79 Å². The molecule has 0 radical (unpaired) electrons. The fourth-order valence-corrected chi connectivity index (χ4v) is 1.21. The third kappa shape index (κ3) is 3.06. The van der Waals surface area contributed by atoms with Gasteiger partial charge in [-0.15, -0.1) is 0 Å². The van der Waals surface area contributed by atoms with Crippen LogP contribution in [0, 0.1) is 5.92 Å². The normalized spacial score (nSPS) is 13.2. The standard InChI is InChI=1S/C11H20N4O/c1-7(2)10(12)11(16)14-9-5-13-15(6-9)8(3)4/h5-8,10H,12H2,1-4H3,(H,14,16)/t10-/m1/s1. The summed E-state index contributed by atoms with van der Waals surface area (Å²) in [4.78, 5) is 11.7. The van der Waals surface area contributed by atoms with Crippen molar-refractivity contribution in [3.63, 3.8) is 0 Å². The molecule has 0 fully saturated rings. The van der Waals surface area contributed by atoms with E-state index in [0.717, 1.165) is 0 Å². The maximum atomic E-state index is 11.7. The molecule has 1 rings (SSSR count). The van der Waals surface area contributed by atoms with E-state index >= 15 is 0 Å². The average Bonchev–Trinajstić information content (AvgIpc) is 2.64. The largest absolute Gasteiger partial charge is 0.322 e. The molecular formula is C11H20N4O. The van der Waals surface area contributed by atoms with Gasteiger partial charge in [0.15, 0.2) is 0 Å². The van der Waals surface area contributed by atoms with Crippen LogP contribution in [0.2, 0.25) is 0 Å². The number of nitrogens with zero attached hydrogens (tertiary/aromatic N) is 2. The van der Waals surface area contributed by atoms with E-state index in [0.29, 0.717) is 5.69 Å². The topological polar surface area (TPSA) is 72.9 Å². The smallest absolute Gasteiger partial charge is 0.241 e. The lowest BCUT2D eigenvalue weighted by atomic mass is 10.1. The maximum absolute atomic E-state index is 11.7. The number of carbonyl (C=O) groups excluding carboxylic acids is 1. The maximum Gasteiger partial charge on any atom is 0.241 e. The Balaban J connectivity index is 2.63. The molecule has 16 heavy (non-hydrogen) atoms. The Morgan fingerprint density at radius 2 is 2.06 bits per heavy atom. The van der Waals surface area contributed by atoms with Gasteiger partial charge in [0.25, 0.3) is 0 Å². The fourth-order valence-electron chi connectivity index (χ4n) is 1.21. The van der Waals surface area contributed by atoms with Crippen molar-refractivity contribution in [2.75, 3.05) is 5.32 Å². The highest BCUT2D eigenvalue weighted by Gasteiger charge is 2.17. The second kappa shape index (κ2) is 5.12. The number of aromatic nitrogens is 2. The Bertz CT molecular complexity index is 357. The lowest BCUT2D eigenvalue weighted by Crippen LogP contribution is -2.39. The number of nitrogens with one attached hydrogen (secondary N) is 1. The summed E-state index contributed by atoms with van der Waals surface area (Å²) in [6, 6.07) is -0.202. The minimum Gasteiger partial charge on any atom is -0.322 e. The molecule has 0 spiro atoms. The Morgan fingerprint density at radius 3 is 2.50 bits per heavy atom. The van der Waals surface area contributed by atoms with Gasteiger partial charge >= 0.3 is 0 Å². The molecule has 0 saturated heterocycles. The molecular weight excluding hydrogens is 204 g/mol. The Labute approximate surface area is 96.0 Å². The molecule has 0 bridgehead atoms. The predicted molar refractivity (Wildman–Crippen MR) is 64.1 cm³/mol. The van der Waals surface area contributed by atoms with Crippen LogP contribution in [0.25, 0.3) is 0 Å². The summed E-state index contributed by atoms with van der Waals surface area (Å²) in [6.07, 6.45) is 3.43. The van der Waals surface area contributed by atoms with Crippen molar-refractivity contribution in [1.29, 1.82) is 0 Å². The highest BCUT2D eigenvalue weighted by atomic mass is 16.2. The second-order valence-electron chi connectivity index (χ2n) is 4.56. The quantitative estimate of drug-likeness (QED) is 0.811. The van der Waals surface area contributed by atoms with Gasteiger partial charge in [0.05, 0.1) is 17.9 Å². The molecule has 3 N–H and O–H groups in total. The zero-order valence-electron chi connectivity index (χ0n) is 10.3. The van der Waals surface area contributed by atoms with Gasteiger partial charge in [-0.1, -0.05) is 13.8 Å². The Hall–Kier alpha value is -1.36. The van der Waals surface area contributed by atoms with Crippen molar-refractivity contribution in [3.05, 3.63) is 12.4 Å². The van der Waals surface area contributed by atoms with E-state index < -0.39 is 6.04 Å². The van der Waals surface area contributed by atoms with Crippen LogP contribution in [-0.4, -0.2) is 21.7 Å².